The number of methoxy groups -OCH3 is 1. The maximum absolute atomic E-state index is 12.2. The third kappa shape index (κ3) is 2.74. The zero-order valence-corrected chi connectivity index (χ0v) is 12.0. The van der Waals surface area contributed by atoms with Crippen LogP contribution in [0.5, 0.6) is 0 Å². The highest BCUT2D eigenvalue weighted by molar-refractivity contribution is 5.93. The minimum Gasteiger partial charge on any atom is -0.472 e. The second-order valence-corrected chi connectivity index (χ2v) is 5.68. The lowest BCUT2D eigenvalue weighted by Gasteiger charge is -2.36. The number of amides is 1. The summed E-state index contributed by atoms with van der Waals surface area (Å²) in [6, 6.07) is 2.33. The number of ether oxygens (including phenoxy) is 1. The zero-order valence-electron chi connectivity index (χ0n) is 12.0. The molecule has 2 fully saturated rings. The molecule has 1 amide bonds. The normalized spacial score (nSPS) is 25.2. The van der Waals surface area contributed by atoms with Gasteiger partial charge in [-0.15, -0.1) is 0 Å². The first kappa shape index (κ1) is 13.6. The smallest absolute Gasteiger partial charge is 0.257 e. The summed E-state index contributed by atoms with van der Waals surface area (Å²) in [6.07, 6.45) is 6.71. The molecule has 1 unspecified atom stereocenters. The van der Waals surface area contributed by atoms with Gasteiger partial charge in [-0.1, -0.05) is 0 Å². The predicted molar refractivity (Wildman–Crippen MR) is 74.6 cm³/mol. The molecule has 0 aliphatic carbocycles. The van der Waals surface area contributed by atoms with Crippen molar-refractivity contribution in [1.29, 1.82) is 0 Å². The second-order valence-electron chi connectivity index (χ2n) is 5.68. The Balaban J connectivity index is 1.51. The maximum Gasteiger partial charge on any atom is 0.257 e. The Hall–Kier alpha value is -1.33. The second kappa shape index (κ2) is 5.97. The Labute approximate surface area is 119 Å². The number of rotatable bonds is 3. The van der Waals surface area contributed by atoms with Gasteiger partial charge in [-0.3, -0.25) is 9.69 Å². The average molecular weight is 278 g/mol. The van der Waals surface area contributed by atoms with E-state index in [1.165, 1.54) is 6.26 Å². The Morgan fingerprint density at radius 2 is 2.10 bits per heavy atom. The van der Waals surface area contributed by atoms with Gasteiger partial charge in [0.1, 0.15) is 6.26 Å². The van der Waals surface area contributed by atoms with E-state index >= 15 is 0 Å². The van der Waals surface area contributed by atoms with Gasteiger partial charge in [0.25, 0.3) is 5.91 Å². The molecule has 110 valence electrons. The molecular weight excluding hydrogens is 256 g/mol. The van der Waals surface area contributed by atoms with Gasteiger partial charge in [-0.2, -0.15) is 0 Å². The highest BCUT2D eigenvalue weighted by Gasteiger charge is 2.32. The van der Waals surface area contributed by atoms with Crippen molar-refractivity contribution in [2.24, 2.45) is 0 Å². The Bertz CT molecular complexity index is 438. The van der Waals surface area contributed by atoms with Crippen LogP contribution >= 0.6 is 0 Å². The van der Waals surface area contributed by atoms with E-state index in [-0.39, 0.29) is 5.91 Å². The molecule has 0 saturated carbocycles. The van der Waals surface area contributed by atoms with Gasteiger partial charge in [-0.05, 0) is 25.3 Å². The van der Waals surface area contributed by atoms with Crippen molar-refractivity contribution in [3.05, 3.63) is 24.2 Å². The number of likely N-dealkylation sites (tertiary alicyclic amines) is 2. The number of nitrogens with zero attached hydrogens (tertiary/aromatic N) is 2. The highest BCUT2D eigenvalue weighted by atomic mass is 16.5. The lowest BCUT2D eigenvalue weighted by molar-refractivity contribution is 0.0602. The predicted octanol–water partition coefficient (Wildman–Crippen LogP) is 1.60. The summed E-state index contributed by atoms with van der Waals surface area (Å²) in [6.45, 7) is 3.83. The van der Waals surface area contributed by atoms with Crippen LogP contribution in [0.4, 0.5) is 0 Å². The fourth-order valence-electron chi connectivity index (χ4n) is 3.28. The molecule has 20 heavy (non-hydrogen) atoms. The average Bonchev–Trinajstić information content (AvgIpc) is 3.18. The largest absolute Gasteiger partial charge is 0.472 e. The van der Waals surface area contributed by atoms with E-state index in [4.69, 9.17) is 9.15 Å². The van der Waals surface area contributed by atoms with Crippen LogP contribution in [-0.2, 0) is 4.74 Å². The third-order valence-electron chi connectivity index (χ3n) is 4.55. The number of hydrogen-bond donors (Lipinski definition) is 0. The van der Waals surface area contributed by atoms with Gasteiger partial charge in [-0.25, -0.2) is 0 Å². The molecule has 1 aromatic rings. The van der Waals surface area contributed by atoms with E-state index in [2.05, 4.69) is 4.90 Å². The SMILES string of the molecule is COC1CCN(C2CCN(C(=O)c3ccoc3)CC2)C1. The van der Waals surface area contributed by atoms with Gasteiger partial charge in [0.2, 0.25) is 0 Å². The number of carbonyl (C=O) groups excluding carboxylic acids is 1. The molecule has 0 bridgehead atoms. The minimum absolute atomic E-state index is 0.0911. The van der Waals surface area contributed by atoms with Crippen molar-refractivity contribution < 1.29 is 13.9 Å². The molecule has 2 aliphatic heterocycles. The molecule has 0 N–H and O–H groups in total. The van der Waals surface area contributed by atoms with Crippen LogP contribution in [0.25, 0.3) is 0 Å². The first-order chi connectivity index (χ1) is 9.78. The molecule has 0 spiro atoms. The van der Waals surface area contributed by atoms with Crippen LogP contribution in [0.1, 0.15) is 29.6 Å². The Morgan fingerprint density at radius 3 is 2.70 bits per heavy atom. The fourth-order valence-corrected chi connectivity index (χ4v) is 3.28. The van der Waals surface area contributed by atoms with Crippen molar-refractivity contribution in [2.45, 2.75) is 31.4 Å². The van der Waals surface area contributed by atoms with Gasteiger partial charge >= 0.3 is 0 Å². The van der Waals surface area contributed by atoms with Crippen LogP contribution < -0.4 is 0 Å². The lowest BCUT2D eigenvalue weighted by Crippen LogP contribution is -2.46. The molecule has 2 saturated heterocycles. The number of carbonyl (C=O) groups is 1. The fraction of sp³-hybridized carbons (Fsp3) is 0.667. The topological polar surface area (TPSA) is 45.9 Å². The van der Waals surface area contributed by atoms with Crippen molar-refractivity contribution >= 4 is 5.91 Å². The first-order valence-electron chi connectivity index (χ1n) is 7.36. The molecule has 0 aromatic carbocycles. The summed E-state index contributed by atoms with van der Waals surface area (Å²) in [5.74, 6) is 0.0911. The van der Waals surface area contributed by atoms with E-state index in [1.807, 2.05) is 4.90 Å². The summed E-state index contributed by atoms with van der Waals surface area (Å²) in [5, 5.41) is 0. The number of furan rings is 1. The van der Waals surface area contributed by atoms with E-state index in [0.717, 1.165) is 45.4 Å². The monoisotopic (exact) mass is 278 g/mol. The zero-order chi connectivity index (χ0) is 13.9. The lowest BCUT2D eigenvalue weighted by atomic mass is 10.0. The highest BCUT2D eigenvalue weighted by Crippen LogP contribution is 2.23. The van der Waals surface area contributed by atoms with Crippen molar-refractivity contribution in [3.63, 3.8) is 0 Å². The molecule has 1 aromatic heterocycles. The molecule has 2 aliphatic rings. The molecule has 1 atom stereocenters. The van der Waals surface area contributed by atoms with E-state index < -0.39 is 0 Å². The molecule has 3 heterocycles. The van der Waals surface area contributed by atoms with Crippen LogP contribution in [0, 0.1) is 0 Å². The van der Waals surface area contributed by atoms with E-state index in [0.29, 0.717) is 17.7 Å². The molecule has 5 nitrogen and oxygen atoms in total. The first-order valence-corrected chi connectivity index (χ1v) is 7.36. The summed E-state index contributed by atoms with van der Waals surface area (Å²) in [4.78, 5) is 16.7. The number of piperidine rings is 1. The summed E-state index contributed by atoms with van der Waals surface area (Å²) in [7, 11) is 1.79. The van der Waals surface area contributed by atoms with Gasteiger partial charge in [0.05, 0.1) is 17.9 Å². The van der Waals surface area contributed by atoms with Gasteiger partial charge < -0.3 is 14.1 Å². The van der Waals surface area contributed by atoms with E-state index in [1.54, 1.807) is 19.4 Å². The quantitative estimate of drug-likeness (QED) is 0.842. The Kier molecular flexibility index (Phi) is 4.08. The van der Waals surface area contributed by atoms with Crippen LogP contribution in [-0.4, -0.2) is 61.1 Å². The van der Waals surface area contributed by atoms with Gasteiger partial charge in [0.15, 0.2) is 0 Å². The van der Waals surface area contributed by atoms with Crippen molar-refractivity contribution in [1.82, 2.24) is 9.80 Å². The minimum atomic E-state index is 0.0911. The molecule has 3 rings (SSSR count). The van der Waals surface area contributed by atoms with Crippen LogP contribution in [0.15, 0.2) is 23.0 Å². The third-order valence-corrected chi connectivity index (χ3v) is 4.55. The van der Waals surface area contributed by atoms with Crippen molar-refractivity contribution in [2.75, 3.05) is 33.3 Å². The van der Waals surface area contributed by atoms with Gasteiger partial charge in [0, 0.05) is 39.3 Å². The van der Waals surface area contributed by atoms with Crippen molar-refractivity contribution in [3.8, 4) is 0 Å². The standard InChI is InChI=1S/C15H22N2O3/c1-19-14-4-8-17(10-14)13-2-6-16(7-3-13)15(18)12-5-9-20-11-12/h5,9,11,13-14H,2-4,6-8,10H2,1H3. The summed E-state index contributed by atoms with van der Waals surface area (Å²) in [5.41, 5.74) is 0.657. The van der Waals surface area contributed by atoms with E-state index in [9.17, 15) is 4.79 Å². The molecule has 0 radical (unpaired) electrons. The van der Waals surface area contributed by atoms with Crippen LogP contribution in [0.2, 0.25) is 0 Å². The molecule has 5 heteroatoms. The maximum atomic E-state index is 12.2. The number of hydrogen-bond acceptors (Lipinski definition) is 4. The summed E-state index contributed by atoms with van der Waals surface area (Å²) >= 11 is 0. The summed E-state index contributed by atoms with van der Waals surface area (Å²) < 4.78 is 10.4. The molecular formula is C15H22N2O3. The Morgan fingerprint density at radius 1 is 1.30 bits per heavy atom. The van der Waals surface area contributed by atoms with Crippen LogP contribution in [0.3, 0.4) is 0 Å².